The molecule has 2 amide bonds. The normalized spacial score (nSPS) is 20.7. The molecule has 0 aromatic carbocycles. The number of ether oxygens (including phenoxy) is 2. The van der Waals surface area contributed by atoms with E-state index in [1.165, 1.54) is 41.3 Å². The second-order valence-electron chi connectivity index (χ2n) is 9.83. The highest BCUT2D eigenvalue weighted by atomic mass is 32.2. The maximum atomic E-state index is 13.4. The van der Waals surface area contributed by atoms with Crippen molar-refractivity contribution in [3.63, 3.8) is 0 Å². The number of carbonyl (C=O) groups is 4. The van der Waals surface area contributed by atoms with E-state index in [4.69, 9.17) is 20.0 Å². The number of hydrogen-bond acceptors (Lipinski definition) is 14. The van der Waals surface area contributed by atoms with Crippen LogP contribution >= 0.6 is 34.4 Å². The molecule has 2 aliphatic rings. The quantitative estimate of drug-likeness (QED) is 0.138. The molecule has 218 valence electrons. The van der Waals surface area contributed by atoms with Gasteiger partial charge in [0.2, 0.25) is 12.7 Å². The van der Waals surface area contributed by atoms with Gasteiger partial charge < -0.3 is 30.3 Å². The lowest BCUT2D eigenvalue weighted by atomic mass is 9.97. The second-order valence-corrected chi connectivity index (χ2v) is 12.8. The van der Waals surface area contributed by atoms with Gasteiger partial charge in [-0.25, -0.2) is 14.8 Å². The summed E-state index contributed by atoms with van der Waals surface area (Å²) in [7, 11) is 1.29. The number of thiazole rings is 2. The van der Waals surface area contributed by atoms with Crippen LogP contribution in [0.15, 0.2) is 33.9 Å². The van der Waals surface area contributed by atoms with E-state index < -0.39 is 53.4 Å². The molecule has 0 bridgehead atoms. The number of hydrogen-bond donors (Lipinski definition) is 2. The highest BCUT2D eigenvalue weighted by Crippen LogP contribution is 2.41. The van der Waals surface area contributed by atoms with Gasteiger partial charge in [0.25, 0.3) is 5.91 Å². The first-order valence-corrected chi connectivity index (χ1v) is 14.8. The number of nitrogens with zero attached hydrogens (tertiary/aromatic N) is 4. The predicted molar refractivity (Wildman–Crippen MR) is 154 cm³/mol. The van der Waals surface area contributed by atoms with E-state index >= 15 is 0 Å². The summed E-state index contributed by atoms with van der Waals surface area (Å²) in [5.41, 5.74) is 7.82. The van der Waals surface area contributed by atoms with Crippen LogP contribution in [0.3, 0.4) is 0 Å². The molecular weight excluding hydrogens is 593 g/mol. The molecule has 0 radical (unpaired) electrons. The summed E-state index contributed by atoms with van der Waals surface area (Å²) in [4.78, 5) is 67.3. The zero-order valence-corrected chi connectivity index (χ0v) is 25.2. The second kappa shape index (κ2) is 12.4. The van der Waals surface area contributed by atoms with Crippen LogP contribution in [0.25, 0.3) is 6.08 Å². The third-order valence-electron chi connectivity index (χ3n) is 5.90. The molecule has 1 fully saturated rings. The van der Waals surface area contributed by atoms with Crippen molar-refractivity contribution >= 4 is 75.1 Å². The van der Waals surface area contributed by atoms with Crippen molar-refractivity contribution in [3.05, 3.63) is 44.2 Å². The first-order valence-electron chi connectivity index (χ1n) is 12.2. The zero-order valence-electron chi connectivity index (χ0n) is 22.8. The molecule has 0 spiro atoms. The van der Waals surface area contributed by atoms with Gasteiger partial charge in [-0.15, -0.1) is 23.1 Å². The molecule has 41 heavy (non-hydrogen) atoms. The number of rotatable bonds is 9. The fourth-order valence-corrected chi connectivity index (χ4v) is 6.33. The van der Waals surface area contributed by atoms with E-state index in [9.17, 15) is 19.2 Å². The average molecular weight is 621 g/mol. The highest BCUT2D eigenvalue weighted by Gasteiger charge is 2.56. The number of amides is 2. The molecule has 1 saturated heterocycles. The molecule has 2 aromatic rings. The monoisotopic (exact) mass is 620 g/mol. The van der Waals surface area contributed by atoms with E-state index in [1.54, 1.807) is 43.8 Å². The fraction of sp³-hybridized carbons (Fsp3) is 0.400. The summed E-state index contributed by atoms with van der Waals surface area (Å²) in [6, 6.07) is -2.09. The van der Waals surface area contributed by atoms with Gasteiger partial charge in [-0.05, 0) is 44.8 Å². The van der Waals surface area contributed by atoms with Crippen LogP contribution in [0.4, 0.5) is 5.13 Å². The van der Waals surface area contributed by atoms with Gasteiger partial charge in [0.05, 0.1) is 21.5 Å². The third-order valence-corrected chi connectivity index (χ3v) is 8.81. The summed E-state index contributed by atoms with van der Waals surface area (Å²) in [5.74, 6) is -2.50. The smallest absolute Gasteiger partial charge is 0.336 e. The molecule has 0 saturated carbocycles. The van der Waals surface area contributed by atoms with Gasteiger partial charge in [0.1, 0.15) is 18.5 Å². The Kier molecular flexibility index (Phi) is 9.14. The maximum Gasteiger partial charge on any atom is 0.336 e. The number of anilines is 1. The van der Waals surface area contributed by atoms with Crippen LogP contribution in [0.5, 0.6) is 0 Å². The molecular formula is C25H28N6O7S3. The number of aryl methyl sites for hydroxylation is 1. The molecule has 1 unspecified atom stereocenters. The number of aromatic nitrogens is 2. The Morgan fingerprint density at radius 3 is 2.59 bits per heavy atom. The number of β-lactam (4-membered cyclic amide) rings is 1. The van der Waals surface area contributed by atoms with Crippen molar-refractivity contribution in [2.45, 2.75) is 45.2 Å². The SMILES string of the molecule is CO/N=C(/C(=O)N[C@@H]1C(=O)N2C(C(=O)OCOC(=O)C(C)(C)C)C(/C=C\c3scnc3C)=CS[C@H]12)c1cnc(N)s1. The van der Waals surface area contributed by atoms with Crippen molar-refractivity contribution in [3.8, 4) is 0 Å². The number of carbonyl (C=O) groups excluding carboxylic acids is 4. The Bertz CT molecular complexity index is 1440. The van der Waals surface area contributed by atoms with Crippen LogP contribution in [-0.2, 0) is 33.5 Å². The van der Waals surface area contributed by atoms with E-state index in [1.807, 2.05) is 6.92 Å². The van der Waals surface area contributed by atoms with E-state index in [0.29, 0.717) is 10.5 Å². The first kappa shape index (κ1) is 30.2. The Morgan fingerprint density at radius 1 is 1.22 bits per heavy atom. The molecule has 4 heterocycles. The minimum atomic E-state index is -1.13. The van der Waals surface area contributed by atoms with Crippen molar-refractivity contribution in [2.75, 3.05) is 19.6 Å². The number of thioether (sulfide) groups is 1. The van der Waals surface area contributed by atoms with Crippen LogP contribution in [-0.4, -0.2) is 75.7 Å². The number of nitrogen functional groups attached to an aromatic ring is 1. The lowest BCUT2D eigenvalue weighted by Crippen LogP contribution is -2.74. The molecule has 3 atom stereocenters. The van der Waals surface area contributed by atoms with Crippen molar-refractivity contribution < 1.29 is 33.5 Å². The summed E-state index contributed by atoms with van der Waals surface area (Å²) in [6.07, 6.45) is 4.90. The van der Waals surface area contributed by atoms with Gasteiger partial charge >= 0.3 is 11.9 Å². The number of fused-ring (bicyclic) bond motifs is 1. The van der Waals surface area contributed by atoms with Gasteiger partial charge in [0.15, 0.2) is 16.9 Å². The number of nitrogens with one attached hydrogen (secondary N) is 1. The lowest BCUT2D eigenvalue weighted by molar-refractivity contribution is -0.179. The number of nitrogens with two attached hydrogens (primary N) is 1. The van der Waals surface area contributed by atoms with Crippen LogP contribution < -0.4 is 11.1 Å². The average Bonchev–Trinajstić information content (AvgIpc) is 3.54. The van der Waals surface area contributed by atoms with Crippen LogP contribution in [0.1, 0.15) is 36.2 Å². The van der Waals surface area contributed by atoms with Gasteiger partial charge in [-0.1, -0.05) is 22.6 Å². The van der Waals surface area contributed by atoms with E-state index in [2.05, 4.69) is 20.4 Å². The Balaban J connectivity index is 1.53. The van der Waals surface area contributed by atoms with E-state index in [0.717, 1.165) is 21.9 Å². The van der Waals surface area contributed by atoms with E-state index in [-0.39, 0.29) is 10.8 Å². The lowest BCUT2D eigenvalue weighted by Gasteiger charge is -2.51. The largest absolute Gasteiger partial charge is 0.427 e. The minimum Gasteiger partial charge on any atom is -0.427 e. The Hall–Kier alpha value is -3.76. The van der Waals surface area contributed by atoms with Crippen molar-refractivity contribution in [1.29, 1.82) is 0 Å². The zero-order chi connectivity index (χ0) is 29.9. The third kappa shape index (κ3) is 6.60. The highest BCUT2D eigenvalue weighted by molar-refractivity contribution is 8.03. The molecule has 3 N–H and O–H groups in total. The molecule has 13 nitrogen and oxygen atoms in total. The van der Waals surface area contributed by atoms with Gasteiger partial charge in [-0.2, -0.15) is 0 Å². The van der Waals surface area contributed by atoms with Crippen molar-refractivity contribution in [2.24, 2.45) is 10.6 Å². The molecule has 2 aromatic heterocycles. The summed E-state index contributed by atoms with van der Waals surface area (Å²) in [5, 5.41) is 7.80. The van der Waals surface area contributed by atoms with Gasteiger partial charge in [0, 0.05) is 11.1 Å². The van der Waals surface area contributed by atoms with Crippen molar-refractivity contribution in [1.82, 2.24) is 20.2 Å². The first-order chi connectivity index (χ1) is 19.4. The Labute approximate surface area is 247 Å². The predicted octanol–water partition coefficient (Wildman–Crippen LogP) is 2.30. The Morgan fingerprint density at radius 2 is 1.98 bits per heavy atom. The minimum absolute atomic E-state index is 0.0931. The fourth-order valence-electron chi connectivity index (χ4n) is 3.77. The summed E-state index contributed by atoms with van der Waals surface area (Å²) >= 11 is 3.73. The van der Waals surface area contributed by atoms with Gasteiger partial charge in [-0.3, -0.25) is 14.4 Å². The molecule has 16 heteroatoms. The number of esters is 2. The number of oxime groups is 1. The topological polar surface area (TPSA) is 175 Å². The molecule has 4 rings (SSSR count). The summed E-state index contributed by atoms with van der Waals surface area (Å²) in [6.45, 7) is 6.28. The molecule has 2 aliphatic heterocycles. The van der Waals surface area contributed by atoms with Crippen LogP contribution in [0, 0.1) is 12.3 Å². The van der Waals surface area contributed by atoms with Crippen LogP contribution in [0.2, 0.25) is 0 Å². The standard InChI is InChI=1S/C25H28N6O7S3/c1-12-14(40-10-28-12)7-6-13-9-39-21-17(29-19(32)16(30-36-5)15-8-27-24(26)41-15)20(33)31(21)18(13)22(34)37-11-38-23(35)25(2,3)4/h6-10,17-18,21H,11H2,1-5H3,(H2,26,27)(H,29,32)/b7-6-,30-16+/t17-,18?,21-/m1/s1. The molecule has 0 aliphatic carbocycles. The maximum absolute atomic E-state index is 13.4. The summed E-state index contributed by atoms with van der Waals surface area (Å²) < 4.78 is 10.4.